The lowest BCUT2D eigenvalue weighted by atomic mass is 10.3. The zero-order valence-electron chi connectivity index (χ0n) is 11.7. The number of nitrogens with one attached hydrogen (secondary N) is 2. The Labute approximate surface area is 130 Å². The Hall–Kier alpha value is -3.91. The van der Waals surface area contributed by atoms with Crippen molar-refractivity contribution in [3.63, 3.8) is 0 Å². The Morgan fingerprint density at radius 3 is 2.65 bits per heavy atom. The number of aromatic amines is 1. The summed E-state index contributed by atoms with van der Waals surface area (Å²) in [5.41, 5.74) is 1.08. The third-order valence-electron chi connectivity index (χ3n) is 3.02. The van der Waals surface area contributed by atoms with Crippen LogP contribution in [0.15, 0.2) is 42.7 Å². The van der Waals surface area contributed by atoms with E-state index in [0.29, 0.717) is 5.56 Å². The summed E-state index contributed by atoms with van der Waals surface area (Å²) in [4.78, 5) is 18.6. The lowest BCUT2D eigenvalue weighted by molar-refractivity contribution is 0.102. The minimum Gasteiger partial charge on any atom is -0.314 e. The molecule has 0 aliphatic rings. The predicted octanol–water partition coefficient (Wildman–Crippen LogP) is 1.59. The van der Waals surface area contributed by atoms with Gasteiger partial charge in [0.25, 0.3) is 5.91 Å². The van der Waals surface area contributed by atoms with Gasteiger partial charge in [-0.25, -0.2) is 9.67 Å². The molecule has 110 valence electrons. The maximum absolute atomic E-state index is 12.2. The first-order chi connectivity index (χ1) is 11.2. The van der Waals surface area contributed by atoms with Crippen LogP contribution in [0.2, 0.25) is 0 Å². The Balaban J connectivity index is 1.80. The van der Waals surface area contributed by atoms with E-state index in [-0.39, 0.29) is 17.3 Å². The normalized spacial score (nSPS) is 9.83. The fourth-order valence-electron chi connectivity index (χ4n) is 1.94. The smallest absolute Gasteiger partial charge is 0.261 e. The molecule has 2 heterocycles. The van der Waals surface area contributed by atoms with Gasteiger partial charge in [-0.1, -0.05) is 18.2 Å². The first-order valence-corrected chi connectivity index (χ1v) is 6.53. The van der Waals surface area contributed by atoms with Crippen LogP contribution in [-0.4, -0.2) is 25.7 Å². The lowest BCUT2D eigenvalue weighted by Gasteiger charge is -2.00. The van der Waals surface area contributed by atoms with Crippen molar-refractivity contribution in [1.82, 2.24) is 19.7 Å². The van der Waals surface area contributed by atoms with Gasteiger partial charge < -0.3 is 4.98 Å². The van der Waals surface area contributed by atoms with Crippen LogP contribution in [0, 0.1) is 22.7 Å². The van der Waals surface area contributed by atoms with Crippen molar-refractivity contribution >= 4 is 11.9 Å². The van der Waals surface area contributed by atoms with E-state index in [9.17, 15) is 4.79 Å². The van der Waals surface area contributed by atoms with E-state index in [1.165, 1.54) is 6.20 Å². The monoisotopic (exact) mass is 303 g/mol. The summed E-state index contributed by atoms with van der Waals surface area (Å²) < 4.78 is 1.57. The Morgan fingerprint density at radius 2 is 2.00 bits per heavy atom. The molecule has 0 fully saturated rings. The van der Waals surface area contributed by atoms with Crippen molar-refractivity contribution in [1.29, 1.82) is 10.5 Å². The van der Waals surface area contributed by atoms with Gasteiger partial charge in [0.2, 0.25) is 5.95 Å². The molecular formula is C15H9N7O. The van der Waals surface area contributed by atoms with E-state index in [1.807, 2.05) is 30.3 Å². The van der Waals surface area contributed by atoms with Crippen molar-refractivity contribution < 1.29 is 4.79 Å². The van der Waals surface area contributed by atoms with Gasteiger partial charge in [-0.15, -0.1) is 0 Å². The highest BCUT2D eigenvalue weighted by Crippen LogP contribution is 2.11. The average Bonchev–Trinajstić information content (AvgIpc) is 3.22. The molecule has 0 saturated carbocycles. The van der Waals surface area contributed by atoms with E-state index in [4.69, 9.17) is 10.5 Å². The first kappa shape index (κ1) is 14.0. The third kappa shape index (κ3) is 2.77. The van der Waals surface area contributed by atoms with Crippen LogP contribution in [0.1, 0.15) is 21.7 Å². The Bertz CT molecular complexity index is 909. The number of para-hydroxylation sites is 1. The molecule has 0 bridgehead atoms. The van der Waals surface area contributed by atoms with Crippen LogP contribution in [0.4, 0.5) is 5.95 Å². The number of amides is 1. The average molecular weight is 303 g/mol. The van der Waals surface area contributed by atoms with Crippen molar-refractivity contribution in [2.24, 2.45) is 0 Å². The van der Waals surface area contributed by atoms with E-state index < -0.39 is 5.91 Å². The molecular weight excluding hydrogens is 294 g/mol. The molecule has 23 heavy (non-hydrogen) atoms. The Kier molecular flexibility index (Phi) is 3.56. The Morgan fingerprint density at radius 1 is 1.22 bits per heavy atom. The van der Waals surface area contributed by atoms with Gasteiger partial charge in [-0.3, -0.25) is 10.1 Å². The molecule has 3 rings (SSSR count). The molecule has 2 N–H and O–H groups in total. The van der Waals surface area contributed by atoms with Crippen LogP contribution in [-0.2, 0) is 0 Å². The number of nitrogens with zero attached hydrogens (tertiary/aromatic N) is 5. The summed E-state index contributed by atoms with van der Waals surface area (Å²) in [6.07, 6.45) is 2.99. The van der Waals surface area contributed by atoms with Gasteiger partial charge in [0, 0.05) is 6.20 Å². The summed E-state index contributed by atoms with van der Waals surface area (Å²) >= 11 is 0. The molecule has 0 aliphatic heterocycles. The fourth-order valence-corrected chi connectivity index (χ4v) is 1.94. The molecule has 0 aliphatic carbocycles. The number of imidazole rings is 1. The molecule has 2 aromatic heterocycles. The molecule has 1 aromatic carbocycles. The van der Waals surface area contributed by atoms with Crippen LogP contribution in [0.25, 0.3) is 5.69 Å². The number of benzene rings is 1. The number of carbonyl (C=O) groups is 1. The maximum Gasteiger partial charge on any atom is 0.261 e. The van der Waals surface area contributed by atoms with Gasteiger partial charge in [-0.05, 0) is 12.1 Å². The number of aromatic nitrogens is 4. The largest absolute Gasteiger partial charge is 0.314 e. The number of anilines is 1. The van der Waals surface area contributed by atoms with Crippen LogP contribution >= 0.6 is 0 Å². The number of H-pyrrole nitrogens is 1. The molecule has 0 spiro atoms. The quantitative estimate of drug-likeness (QED) is 0.760. The van der Waals surface area contributed by atoms with E-state index in [1.54, 1.807) is 23.0 Å². The fraction of sp³-hybridized carbons (Fsp3) is 0. The zero-order valence-corrected chi connectivity index (χ0v) is 11.7. The molecule has 0 atom stereocenters. The number of rotatable bonds is 3. The molecule has 1 amide bonds. The second-order valence-electron chi connectivity index (χ2n) is 4.50. The summed E-state index contributed by atoms with van der Waals surface area (Å²) in [6.45, 7) is 0. The third-order valence-corrected chi connectivity index (χ3v) is 3.02. The molecule has 0 saturated heterocycles. The molecule has 8 nitrogen and oxygen atoms in total. The summed E-state index contributed by atoms with van der Waals surface area (Å²) in [6, 6.07) is 12.9. The van der Waals surface area contributed by atoms with Gasteiger partial charge in [-0.2, -0.15) is 15.6 Å². The highest BCUT2D eigenvalue weighted by Gasteiger charge is 2.14. The minimum atomic E-state index is -0.449. The molecule has 0 unspecified atom stereocenters. The van der Waals surface area contributed by atoms with Crippen molar-refractivity contribution in [2.75, 3.05) is 5.32 Å². The van der Waals surface area contributed by atoms with E-state index >= 15 is 0 Å². The topological polar surface area (TPSA) is 123 Å². The standard InChI is InChI=1S/C15H9N7O/c16-6-12-13(7-17)20-15(19-12)21-14(23)10-8-18-22(9-10)11-4-2-1-3-5-11/h1-5,8-9H,(H2,19,20,21,23). The predicted molar refractivity (Wildman–Crippen MR) is 79.5 cm³/mol. The van der Waals surface area contributed by atoms with E-state index in [2.05, 4.69) is 20.4 Å². The second-order valence-corrected chi connectivity index (χ2v) is 4.50. The highest BCUT2D eigenvalue weighted by molar-refractivity contribution is 6.03. The SMILES string of the molecule is N#Cc1nc(NC(=O)c2cnn(-c3ccccc3)c2)[nH]c1C#N. The van der Waals surface area contributed by atoms with Gasteiger partial charge in [0.15, 0.2) is 11.4 Å². The zero-order chi connectivity index (χ0) is 16.2. The number of hydrogen-bond donors (Lipinski definition) is 2. The van der Waals surface area contributed by atoms with E-state index in [0.717, 1.165) is 5.69 Å². The van der Waals surface area contributed by atoms with Crippen LogP contribution in [0.3, 0.4) is 0 Å². The number of nitriles is 2. The number of carbonyl (C=O) groups excluding carboxylic acids is 1. The first-order valence-electron chi connectivity index (χ1n) is 6.53. The van der Waals surface area contributed by atoms with Gasteiger partial charge in [0.1, 0.15) is 12.1 Å². The summed E-state index contributed by atoms with van der Waals surface area (Å²) in [5.74, 6) is -0.412. The molecule has 0 radical (unpaired) electrons. The lowest BCUT2D eigenvalue weighted by Crippen LogP contribution is -2.12. The van der Waals surface area contributed by atoms with Crippen molar-refractivity contribution in [3.8, 4) is 17.8 Å². The molecule has 8 heteroatoms. The van der Waals surface area contributed by atoms with Crippen LogP contribution in [0.5, 0.6) is 0 Å². The number of hydrogen-bond acceptors (Lipinski definition) is 5. The van der Waals surface area contributed by atoms with Gasteiger partial charge >= 0.3 is 0 Å². The van der Waals surface area contributed by atoms with Crippen molar-refractivity contribution in [3.05, 3.63) is 59.7 Å². The van der Waals surface area contributed by atoms with Crippen LogP contribution < -0.4 is 5.32 Å². The minimum absolute atomic E-state index is 0.00257. The van der Waals surface area contributed by atoms with Gasteiger partial charge in [0.05, 0.1) is 17.4 Å². The highest BCUT2D eigenvalue weighted by atomic mass is 16.1. The summed E-state index contributed by atoms with van der Waals surface area (Å²) in [5, 5.41) is 24.3. The molecule has 3 aromatic rings. The maximum atomic E-state index is 12.2. The van der Waals surface area contributed by atoms with Crippen molar-refractivity contribution in [2.45, 2.75) is 0 Å². The second kappa shape index (κ2) is 5.84. The summed E-state index contributed by atoms with van der Waals surface area (Å²) in [7, 11) is 0.